The van der Waals surface area contributed by atoms with Crippen LogP contribution in [-0.4, -0.2) is 4.98 Å². The fraction of sp³-hybridized carbons (Fsp3) is 0.706. The molecule has 0 aliphatic carbocycles. The van der Waals surface area contributed by atoms with Gasteiger partial charge in [-0.25, -0.2) is 0 Å². The van der Waals surface area contributed by atoms with Gasteiger partial charge in [-0.3, -0.25) is 4.98 Å². The van der Waals surface area contributed by atoms with Gasteiger partial charge >= 0.3 is 0 Å². The third-order valence-corrected chi connectivity index (χ3v) is 4.89. The molecule has 19 heavy (non-hydrogen) atoms. The van der Waals surface area contributed by atoms with E-state index < -0.39 is 0 Å². The smallest absolute Gasteiger partial charge is 0.0270 e. The second-order valence-electron chi connectivity index (χ2n) is 5.56. The third kappa shape index (κ3) is 6.52. The monoisotopic (exact) mass is 279 g/mol. The van der Waals surface area contributed by atoms with Gasteiger partial charge in [-0.15, -0.1) is 9.24 Å². The molecular weight excluding hydrogens is 249 g/mol. The lowest BCUT2D eigenvalue weighted by molar-refractivity contribution is 0.401. The topological polar surface area (TPSA) is 12.9 Å². The Balaban J connectivity index is 2.55. The van der Waals surface area contributed by atoms with Crippen LogP contribution in [0.25, 0.3) is 0 Å². The summed E-state index contributed by atoms with van der Waals surface area (Å²) in [5, 5.41) is 0. The highest BCUT2D eigenvalue weighted by molar-refractivity contribution is 7.17. The molecule has 0 aromatic carbocycles. The lowest BCUT2D eigenvalue weighted by atomic mass is 9.89. The first-order valence-electron chi connectivity index (χ1n) is 7.95. The SMILES string of the molecule is CCCCCC(CCCCC)C(P)c1ccncc1. The summed E-state index contributed by atoms with van der Waals surface area (Å²) in [6.45, 7) is 4.57. The lowest BCUT2D eigenvalue weighted by Gasteiger charge is -2.24. The largest absolute Gasteiger partial charge is 0.265 e. The molecule has 1 aromatic rings. The van der Waals surface area contributed by atoms with Gasteiger partial charge in [0.2, 0.25) is 0 Å². The predicted molar refractivity (Wildman–Crippen MR) is 88.5 cm³/mol. The average molecular weight is 279 g/mol. The number of aromatic nitrogens is 1. The average Bonchev–Trinajstić information content (AvgIpc) is 2.46. The molecule has 2 atom stereocenters. The van der Waals surface area contributed by atoms with E-state index in [2.05, 4.69) is 40.2 Å². The number of rotatable bonds is 10. The van der Waals surface area contributed by atoms with E-state index in [0.29, 0.717) is 5.66 Å². The molecule has 0 spiro atoms. The highest BCUT2D eigenvalue weighted by Gasteiger charge is 2.18. The number of nitrogens with zero attached hydrogens (tertiary/aromatic N) is 1. The molecule has 0 aliphatic rings. The Morgan fingerprint density at radius 1 is 0.947 bits per heavy atom. The molecule has 0 saturated heterocycles. The van der Waals surface area contributed by atoms with Gasteiger partial charge in [0.1, 0.15) is 0 Å². The van der Waals surface area contributed by atoms with Crippen molar-refractivity contribution in [1.29, 1.82) is 0 Å². The quantitative estimate of drug-likeness (QED) is 0.391. The Labute approximate surface area is 121 Å². The van der Waals surface area contributed by atoms with Crippen molar-refractivity contribution in [2.24, 2.45) is 5.92 Å². The molecule has 1 aromatic heterocycles. The first-order valence-corrected chi connectivity index (χ1v) is 8.61. The van der Waals surface area contributed by atoms with Gasteiger partial charge in [0.05, 0.1) is 0 Å². The highest BCUT2D eigenvalue weighted by atomic mass is 31.0. The zero-order valence-corrected chi connectivity index (χ0v) is 13.8. The van der Waals surface area contributed by atoms with E-state index in [1.165, 1.54) is 56.9 Å². The number of hydrogen-bond donors (Lipinski definition) is 0. The van der Waals surface area contributed by atoms with Crippen molar-refractivity contribution in [2.75, 3.05) is 0 Å². The minimum atomic E-state index is 0.594. The first-order chi connectivity index (χ1) is 9.29. The second kappa shape index (κ2) is 10.4. The highest BCUT2D eigenvalue weighted by Crippen LogP contribution is 2.37. The Morgan fingerprint density at radius 2 is 1.47 bits per heavy atom. The molecule has 0 N–H and O–H groups in total. The summed E-state index contributed by atoms with van der Waals surface area (Å²) in [6.07, 6.45) is 14.7. The van der Waals surface area contributed by atoms with Crippen LogP contribution in [-0.2, 0) is 0 Å². The number of hydrogen-bond acceptors (Lipinski definition) is 1. The van der Waals surface area contributed by atoms with Crippen LogP contribution < -0.4 is 0 Å². The van der Waals surface area contributed by atoms with E-state index in [1.807, 2.05) is 12.4 Å². The predicted octanol–water partition coefficient (Wildman–Crippen LogP) is 5.77. The molecular formula is C17H30NP. The van der Waals surface area contributed by atoms with Crippen molar-refractivity contribution in [1.82, 2.24) is 4.98 Å². The van der Waals surface area contributed by atoms with Crippen molar-refractivity contribution in [3.05, 3.63) is 30.1 Å². The van der Waals surface area contributed by atoms with Crippen LogP contribution in [0.3, 0.4) is 0 Å². The number of unbranched alkanes of at least 4 members (excludes halogenated alkanes) is 4. The lowest BCUT2D eigenvalue weighted by Crippen LogP contribution is -2.08. The van der Waals surface area contributed by atoms with E-state index in [9.17, 15) is 0 Å². The molecule has 1 heterocycles. The van der Waals surface area contributed by atoms with Crippen LogP contribution >= 0.6 is 9.24 Å². The summed E-state index contributed by atoms with van der Waals surface area (Å²) >= 11 is 0. The molecule has 108 valence electrons. The summed E-state index contributed by atoms with van der Waals surface area (Å²) in [6, 6.07) is 4.34. The molecule has 2 heteroatoms. The van der Waals surface area contributed by atoms with Crippen molar-refractivity contribution < 1.29 is 0 Å². The molecule has 0 amide bonds. The number of pyridine rings is 1. The van der Waals surface area contributed by atoms with Crippen LogP contribution in [0.15, 0.2) is 24.5 Å². The Hall–Kier alpha value is -0.420. The maximum absolute atomic E-state index is 4.13. The van der Waals surface area contributed by atoms with Gasteiger partial charge in [0.15, 0.2) is 0 Å². The molecule has 0 saturated carbocycles. The minimum absolute atomic E-state index is 0.594. The maximum atomic E-state index is 4.13. The van der Waals surface area contributed by atoms with Crippen LogP contribution in [0.1, 0.15) is 76.4 Å². The summed E-state index contributed by atoms with van der Waals surface area (Å²) in [4.78, 5) is 4.13. The molecule has 0 aliphatic heterocycles. The van der Waals surface area contributed by atoms with E-state index in [4.69, 9.17) is 0 Å². The van der Waals surface area contributed by atoms with Gasteiger partial charge in [-0.05, 0) is 36.5 Å². The van der Waals surface area contributed by atoms with Crippen LogP contribution in [0.2, 0.25) is 0 Å². The van der Waals surface area contributed by atoms with E-state index >= 15 is 0 Å². The van der Waals surface area contributed by atoms with Crippen LogP contribution in [0, 0.1) is 5.92 Å². The molecule has 0 bridgehead atoms. The van der Waals surface area contributed by atoms with Crippen molar-refractivity contribution in [2.45, 2.75) is 70.9 Å². The van der Waals surface area contributed by atoms with Gasteiger partial charge in [-0.1, -0.05) is 52.4 Å². The van der Waals surface area contributed by atoms with Gasteiger partial charge < -0.3 is 0 Å². The van der Waals surface area contributed by atoms with Crippen molar-refractivity contribution in [3.8, 4) is 0 Å². The Bertz CT molecular complexity index is 302. The van der Waals surface area contributed by atoms with E-state index in [-0.39, 0.29) is 0 Å². The van der Waals surface area contributed by atoms with Crippen LogP contribution in [0.4, 0.5) is 0 Å². The summed E-state index contributed by atoms with van der Waals surface area (Å²) < 4.78 is 0. The first kappa shape index (κ1) is 16.6. The normalized spacial score (nSPS) is 12.8. The van der Waals surface area contributed by atoms with E-state index in [1.54, 1.807) is 0 Å². The molecule has 0 fully saturated rings. The minimum Gasteiger partial charge on any atom is -0.265 e. The second-order valence-corrected chi connectivity index (χ2v) is 6.28. The standard InChI is InChI=1S/C17H30NP/c1-3-5-7-9-15(10-8-6-4-2)17(19)16-11-13-18-14-12-16/h11-15,17H,3-10,19H2,1-2H3. The summed E-state index contributed by atoms with van der Waals surface area (Å²) in [7, 11) is 3.08. The molecule has 2 unspecified atom stereocenters. The summed E-state index contributed by atoms with van der Waals surface area (Å²) in [5.74, 6) is 0.811. The fourth-order valence-corrected chi connectivity index (χ4v) is 3.28. The zero-order chi connectivity index (χ0) is 13.9. The Morgan fingerprint density at radius 3 is 1.95 bits per heavy atom. The fourth-order valence-electron chi connectivity index (χ4n) is 2.67. The third-order valence-electron chi connectivity index (χ3n) is 3.96. The molecule has 1 nitrogen and oxygen atoms in total. The van der Waals surface area contributed by atoms with E-state index in [0.717, 1.165) is 5.92 Å². The van der Waals surface area contributed by atoms with Gasteiger partial charge in [-0.2, -0.15) is 0 Å². The van der Waals surface area contributed by atoms with Crippen molar-refractivity contribution >= 4 is 9.24 Å². The van der Waals surface area contributed by atoms with Gasteiger partial charge in [0.25, 0.3) is 0 Å². The zero-order valence-electron chi connectivity index (χ0n) is 12.6. The van der Waals surface area contributed by atoms with Crippen LogP contribution in [0.5, 0.6) is 0 Å². The van der Waals surface area contributed by atoms with Gasteiger partial charge in [0, 0.05) is 18.1 Å². The molecule has 0 radical (unpaired) electrons. The Kier molecular flexibility index (Phi) is 9.08. The maximum Gasteiger partial charge on any atom is 0.0270 e. The van der Waals surface area contributed by atoms with Crippen molar-refractivity contribution in [3.63, 3.8) is 0 Å². The summed E-state index contributed by atoms with van der Waals surface area (Å²) in [5.41, 5.74) is 2.02. The molecule has 1 rings (SSSR count).